The van der Waals surface area contributed by atoms with E-state index in [0.717, 1.165) is 0 Å². The van der Waals surface area contributed by atoms with E-state index in [4.69, 9.17) is 10.2 Å². The molecule has 0 aliphatic heterocycles. The number of aryl methyl sites for hydroxylation is 1. The molecule has 2 rings (SSSR count). The second kappa shape index (κ2) is 7.12. The fourth-order valence-electron chi connectivity index (χ4n) is 2.29. The predicted octanol–water partition coefficient (Wildman–Crippen LogP) is -2.14. The highest BCUT2D eigenvalue weighted by Crippen LogP contribution is 2.01. The summed E-state index contributed by atoms with van der Waals surface area (Å²) in [6.07, 6.45) is 4.77. The van der Waals surface area contributed by atoms with Gasteiger partial charge in [-0.2, -0.15) is 0 Å². The molecule has 8 heteroatoms. The molecule has 0 spiro atoms. The maximum Gasteiger partial charge on any atom is 0.274 e. The van der Waals surface area contributed by atoms with Crippen molar-refractivity contribution < 1.29 is 10.2 Å². The Hall–Kier alpha value is -2.58. The van der Waals surface area contributed by atoms with Gasteiger partial charge in [0.2, 0.25) is 0 Å². The molecule has 0 aromatic carbocycles. The summed E-state index contributed by atoms with van der Waals surface area (Å²) in [6, 6.07) is 0. The van der Waals surface area contributed by atoms with Crippen LogP contribution in [0.25, 0.3) is 18.7 Å². The molecule has 23 heavy (non-hydrogen) atoms. The lowest BCUT2D eigenvalue weighted by molar-refractivity contribution is 0.267. The number of rotatable bonds is 6. The summed E-state index contributed by atoms with van der Waals surface area (Å²) in [5, 5.41) is 24.3. The average Bonchev–Trinajstić information content (AvgIpc) is 2.92. The topological polar surface area (TPSA) is 116 Å². The number of aliphatic hydroxyl groups excluding tert-OH is 2. The van der Waals surface area contributed by atoms with Gasteiger partial charge in [0.05, 0.1) is 42.4 Å². The number of hydrogen-bond acceptors (Lipinski definition) is 4. The highest BCUT2D eigenvalue weighted by molar-refractivity contribution is 5.58. The lowest BCUT2D eigenvalue weighted by Gasteiger charge is -1.94. The summed E-state index contributed by atoms with van der Waals surface area (Å²) in [4.78, 5) is 24.1. The van der Waals surface area contributed by atoms with Gasteiger partial charge in [0.1, 0.15) is 0 Å². The highest BCUT2D eigenvalue weighted by Gasteiger charge is 2.07. The molecule has 0 saturated carbocycles. The molecule has 2 aromatic heterocycles. The van der Waals surface area contributed by atoms with Crippen LogP contribution in [-0.2, 0) is 13.1 Å². The van der Waals surface area contributed by atoms with Gasteiger partial charge in [0.25, 0.3) is 11.1 Å². The van der Waals surface area contributed by atoms with Crippen LogP contribution >= 0.6 is 0 Å². The first-order valence-electron chi connectivity index (χ1n) is 7.17. The van der Waals surface area contributed by atoms with Crippen LogP contribution in [0.1, 0.15) is 11.3 Å². The number of nitrogens with one attached hydrogen (secondary N) is 2. The first kappa shape index (κ1) is 16.8. The third kappa shape index (κ3) is 3.43. The van der Waals surface area contributed by atoms with Gasteiger partial charge in [-0.05, 0) is 19.1 Å². The fraction of sp³-hybridized carbons (Fsp3) is 0.333. The van der Waals surface area contributed by atoms with Crippen molar-refractivity contribution in [3.05, 3.63) is 48.6 Å². The highest BCUT2D eigenvalue weighted by atomic mass is 16.3. The van der Waals surface area contributed by atoms with Crippen molar-refractivity contribution in [2.24, 2.45) is 0 Å². The first-order chi connectivity index (χ1) is 11.0. The molecule has 8 nitrogen and oxygen atoms in total. The molecular weight excluding hydrogens is 300 g/mol. The van der Waals surface area contributed by atoms with E-state index in [0.29, 0.717) is 21.8 Å². The van der Waals surface area contributed by atoms with Gasteiger partial charge < -0.3 is 10.2 Å². The zero-order valence-electron chi connectivity index (χ0n) is 12.9. The molecule has 0 fully saturated rings. The Morgan fingerprint density at radius 3 is 2.30 bits per heavy atom. The van der Waals surface area contributed by atoms with Gasteiger partial charge in [-0.1, -0.05) is 12.7 Å². The summed E-state index contributed by atoms with van der Waals surface area (Å²) >= 11 is 0. The largest absolute Gasteiger partial charge is 0.394 e. The monoisotopic (exact) mass is 320 g/mol. The van der Waals surface area contributed by atoms with Gasteiger partial charge in [0.15, 0.2) is 0 Å². The van der Waals surface area contributed by atoms with Crippen LogP contribution in [0, 0.1) is 6.92 Å². The van der Waals surface area contributed by atoms with Crippen LogP contribution in [0.4, 0.5) is 0 Å². The van der Waals surface area contributed by atoms with Crippen molar-refractivity contribution in [1.82, 2.24) is 19.6 Å². The number of aliphatic hydroxyl groups is 2. The minimum Gasteiger partial charge on any atom is -0.394 e. The van der Waals surface area contributed by atoms with Crippen LogP contribution < -0.4 is 21.7 Å². The van der Waals surface area contributed by atoms with Crippen LogP contribution in [0.5, 0.6) is 0 Å². The van der Waals surface area contributed by atoms with Gasteiger partial charge in [-0.3, -0.25) is 24.5 Å². The number of nitrogens with zero attached hydrogens (tertiary/aromatic N) is 2. The Morgan fingerprint density at radius 1 is 1.09 bits per heavy atom. The van der Waals surface area contributed by atoms with E-state index in [-0.39, 0.29) is 37.4 Å². The Labute approximate surface area is 131 Å². The minimum atomic E-state index is -0.280. The molecule has 0 unspecified atom stereocenters. The van der Waals surface area contributed by atoms with Crippen LogP contribution in [0.3, 0.4) is 0 Å². The van der Waals surface area contributed by atoms with Gasteiger partial charge >= 0.3 is 0 Å². The molecule has 0 atom stereocenters. The summed E-state index contributed by atoms with van der Waals surface area (Å²) in [6.45, 7) is 5.59. The molecule has 0 saturated heterocycles. The second-order valence-corrected chi connectivity index (χ2v) is 5.04. The van der Waals surface area contributed by atoms with E-state index in [9.17, 15) is 9.59 Å². The second-order valence-electron chi connectivity index (χ2n) is 5.04. The number of hydrogen-bond donors (Lipinski definition) is 4. The quantitative estimate of drug-likeness (QED) is 0.486. The maximum absolute atomic E-state index is 12.1. The number of aromatic amines is 2. The summed E-state index contributed by atoms with van der Waals surface area (Å²) in [7, 11) is 0. The van der Waals surface area contributed by atoms with E-state index in [1.54, 1.807) is 25.2 Å². The number of allylic oxidation sites excluding steroid dienone is 1. The molecule has 0 bridgehead atoms. The van der Waals surface area contributed by atoms with Gasteiger partial charge in [-0.15, -0.1) is 0 Å². The average molecular weight is 320 g/mol. The zero-order valence-corrected chi connectivity index (χ0v) is 12.9. The molecule has 4 N–H and O–H groups in total. The summed E-state index contributed by atoms with van der Waals surface area (Å²) < 4.78 is 2.60. The van der Waals surface area contributed by atoms with Gasteiger partial charge in [-0.25, -0.2) is 4.68 Å². The van der Waals surface area contributed by atoms with Crippen molar-refractivity contribution in [2.45, 2.75) is 20.0 Å². The Kier molecular flexibility index (Phi) is 5.20. The molecule has 2 heterocycles. The Morgan fingerprint density at radius 2 is 1.70 bits per heavy atom. The van der Waals surface area contributed by atoms with E-state index in [2.05, 4.69) is 16.8 Å². The zero-order chi connectivity index (χ0) is 17.0. The molecule has 0 radical (unpaired) electrons. The summed E-state index contributed by atoms with van der Waals surface area (Å²) in [5.74, 6) is 0. The van der Waals surface area contributed by atoms with Crippen LogP contribution in [0.2, 0.25) is 0 Å². The maximum atomic E-state index is 12.1. The summed E-state index contributed by atoms with van der Waals surface area (Å²) in [5.41, 5.74) is 0.626. The SMILES string of the molecule is C=c1[nH]n(CCO)c(=O)c1=CC=Cc1c(C)[nH]n(CCO)c1=O. The minimum absolute atomic E-state index is 0.131. The van der Waals surface area contributed by atoms with Crippen LogP contribution in [0.15, 0.2) is 15.7 Å². The molecule has 0 amide bonds. The molecular formula is C15H20N4O4. The normalized spacial score (nSPS) is 12.6. The van der Waals surface area contributed by atoms with E-state index >= 15 is 0 Å². The molecule has 0 aliphatic carbocycles. The van der Waals surface area contributed by atoms with Crippen molar-refractivity contribution in [3.63, 3.8) is 0 Å². The van der Waals surface area contributed by atoms with Crippen molar-refractivity contribution in [3.8, 4) is 0 Å². The third-order valence-electron chi connectivity index (χ3n) is 3.43. The number of aromatic nitrogens is 4. The Balaban J connectivity index is 2.38. The lowest BCUT2D eigenvalue weighted by atomic mass is 10.2. The third-order valence-corrected chi connectivity index (χ3v) is 3.43. The van der Waals surface area contributed by atoms with Crippen LogP contribution in [-0.4, -0.2) is 43.0 Å². The fourth-order valence-corrected chi connectivity index (χ4v) is 2.29. The molecule has 2 aromatic rings. The van der Waals surface area contributed by atoms with Crippen molar-refractivity contribution >= 4 is 18.7 Å². The smallest absolute Gasteiger partial charge is 0.274 e. The first-order valence-corrected chi connectivity index (χ1v) is 7.17. The molecule has 124 valence electrons. The van der Waals surface area contributed by atoms with Gasteiger partial charge in [0, 0.05) is 5.69 Å². The Bertz CT molecular complexity index is 926. The lowest BCUT2D eigenvalue weighted by Crippen LogP contribution is -2.34. The van der Waals surface area contributed by atoms with E-state index in [1.165, 1.54) is 9.36 Å². The van der Waals surface area contributed by atoms with E-state index in [1.807, 2.05) is 0 Å². The van der Waals surface area contributed by atoms with E-state index < -0.39 is 0 Å². The van der Waals surface area contributed by atoms with Crippen molar-refractivity contribution in [2.75, 3.05) is 13.2 Å². The predicted molar refractivity (Wildman–Crippen MR) is 87.3 cm³/mol. The number of H-pyrrole nitrogens is 2. The molecule has 0 aliphatic rings. The standard InChI is InChI=1S/C15H20N4O4/c1-10-12(14(22)18(16-10)6-8-20)4-3-5-13-11(2)17-19(7-9-21)15(13)23/h3-5,16-17,20-21H,1,6-9H2,2H3. The van der Waals surface area contributed by atoms with Crippen molar-refractivity contribution in [1.29, 1.82) is 0 Å².